The van der Waals surface area contributed by atoms with E-state index in [2.05, 4.69) is 5.32 Å². The Morgan fingerprint density at radius 1 is 0.950 bits per heavy atom. The number of hydrogen-bond acceptors (Lipinski definition) is 1. The maximum Gasteiger partial charge on any atom is 0.131 e. The molecule has 0 aliphatic carbocycles. The molecule has 0 spiro atoms. The van der Waals surface area contributed by atoms with Crippen LogP contribution in [0.1, 0.15) is 25.0 Å². The van der Waals surface area contributed by atoms with Crippen LogP contribution in [0.4, 0.5) is 8.78 Å². The molecule has 2 aromatic carbocycles. The van der Waals surface area contributed by atoms with Gasteiger partial charge >= 0.3 is 0 Å². The third-order valence-corrected chi connectivity index (χ3v) is 3.97. The van der Waals surface area contributed by atoms with Gasteiger partial charge in [0.1, 0.15) is 11.6 Å². The summed E-state index contributed by atoms with van der Waals surface area (Å²) in [6, 6.07) is 9.77. The molecule has 1 aliphatic heterocycles. The van der Waals surface area contributed by atoms with Gasteiger partial charge in [-0.1, -0.05) is 38.1 Å². The van der Waals surface area contributed by atoms with Crippen LogP contribution in [-0.2, 0) is 12.0 Å². The van der Waals surface area contributed by atoms with Crippen LogP contribution in [-0.4, -0.2) is 6.54 Å². The van der Waals surface area contributed by atoms with Crippen molar-refractivity contribution in [2.75, 3.05) is 6.54 Å². The molecule has 3 rings (SSSR count). The van der Waals surface area contributed by atoms with Crippen molar-refractivity contribution in [3.05, 3.63) is 59.2 Å². The Morgan fingerprint density at radius 3 is 2.45 bits per heavy atom. The molecule has 0 unspecified atom stereocenters. The van der Waals surface area contributed by atoms with Gasteiger partial charge in [-0.15, -0.1) is 0 Å². The lowest BCUT2D eigenvalue weighted by Gasteiger charge is -2.34. The predicted octanol–water partition coefficient (Wildman–Crippen LogP) is 4.01. The first-order chi connectivity index (χ1) is 9.50. The Balaban J connectivity index is 2.28. The number of fused-ring (bicyclic) bond motifs is 1. The average Bonchev–Trinajstić information content (AvgIpc) is 2.39. The zero-order valence-electron chi connectivity index (χ0n) is 11.6. The molecular weight excluding hydrogens is 256 g/mol. The van der Waals surface area contributed by atoms with Gasteiger partial charge in [-0.3, -0.25) is 0 Å². The lowest BCUT2D eigenvalue weighted by Crippen LogP contribution is -2.39. The SMILES string of the molecule is CC1(C)CNCc2c(-c3ccccc3F)ccc(F)c21. The van der Waals surface area contributed by atoms with Gasteiger partial charge in [0, 0.05) is 24.1 Å². The standard InChI is InChI=1S/C17H17F2N/c1-17(2)10-20-9-13-11(7-8-15(19)16(13)17)12-5-3-4-6-14(12)18/h3-8,20H,9-10H2,1-2H3. The van der Waals surface area contributed by atoms with E-state index in [4.69, 9.17) is 0 Å². The smallest absolute Gasteiger partial charge is 0.131 e. The molecule has 3 heteroatoms. The highest BCUT2D eigenvalue weighted by molar-refractivity contribution is 5.70. The fourth-order valence-electron chi connectivity index (χ4n) is 3.05. The van der Waals surface area contributed by atoms with Gasteiger partial charge in [-0.25, -0.2) is 8.78 Å². The van der Waals surface area contributed by atoms with E-state index in [1.165, 1.54) is 12.1 Å². The van der Waals surface area contributed by atoms with Crippen molar-refractivity contribution in [1.29, 1.82) is 0 Å². The third-order valence-electron chi connectivity index (χ3n) is 3.97. The summed E-state index contributed by atoms with van der Waals surface area (Å²) in [7, 11) is 0. The average molecular weight is 273 g/mol. The molecule has 0 radical (unpaired) electrons. The van der Waals surface area contributed by atoms with E-state index in [0.29, 0.717) is 17.7 Å². The Bertz CT molecular complexity index is 662. The van der Waals surface area contributed by atoms with Gasteiger partial charge in [-0.2, -0.15) is 0 Å². The minimum absolute atomic E-state index is 0.202. The summed E-state index contributed by atoms with van der Waals surface area (Å²) in [6.07, 6.45) is 0. The van der Waals surface area contributed by atoms with Gasteiger partial charge in [0.2, 0.25) is 0 Å². The Morgan fingerprint density at radius 2 is 1.70 bits per heavy atom. The minimum atomic E-state index is -0.293. The molecule has 0 amide bonds. The maximum atomic E-state index is 14.2. The lowest BCUT2D eigenvalue weighted by atomic mass is 9.76. The van der Waals surface area contributed by atoms with Crippen LogP contribution in [0.5, 0.6) is 0 Å². The van der Waals surface area contributed by atoms with E-state index in [9.17, 15) is 8.78 Å². The van der Waals surface area contributed by atoms with Crippen LogP contribution in [0, 0.1) is 11.6 Å². The van der Waals surface area contributed by atoms with Crippen LogP contribution >= 0.6 is 0 Å². The van der Waals surface area contributed by atoms with Gasteiger partial charge < -0.3 is 5.32 Å². The normalized spacial score (nSPS) is 16.8. The van der Waals surface area contributed by atoms with Crippen molar-refractivity contribution >= 4 is 0 Å². The second kappa shape index (κ2) is 4.67. The topological polar surface area (TPSA) is 12.0 Å². The van der Waals surface area contributed by atoms with Crippen molar-refractivity contribution in [3.63, 3.8) is 0 Å². The van der Waals surface area contributed by atoms with E-state index in [1.54, 1.807) is 24.3 Å². The molecule has 1 nitrogen and oxygen atoms in total. The van der Waals surface area contributed by atoms with Crippen molar-refractivity contribution in [3.8, 4) is 11.1 Å². The zero-order valence-corrected chi connectivity index (χ0v) is 11.6. The Kier molecular flexibility index (Phi) is 3.09. The molecule has 1 N–H and O–H groups in total. The highest BCUT2D eigenvalue weighted by Crippen LogP contribution is 2.38. The molecule has 20 heavy (non-hydrogen) atoms. The van der Waals surface area contributed by atoms with Crippen molar-refractivity contribution < 1.29 is 8.78 Å². The summed E-state index contributed by atoms with van der Waals surface area (Å²) in [4.78, 5) is 0. The summed E-state index contributed by atoms with van der Waals surface area (Å²) in [5, 5.41) is 3.30. The monoisotopic (exact) mass is 273 g/mol. The Hall–Kier alpha value is -1.74. The van der Waals surface area contributed by atoms with Crippen molar-refractivity contribution in [2.24, 2.45) is 0 Å². The highest BCUT2D eigenvalue weighted by Gasteiger charge is 2.32. The fraction of sp³-hybridized carbons (Fsp3) is 0.294. The molecule has 2 aromatic rings. The van der Waals surface area contributed by atoms with Gasteiger partial charge in [0.25, 0.3) is 0 Å². The number of benzene rings is 2. The van der Waals surface area contributed by atoms with Gasteiger partial charge in [0.05, 0.1) is 0 Å². The predicted molar refractivity (Wildman–Crippen MR) is 76.5 cm³/mol. The molecule has 0 bridgehead atoms. The molecule has 0 saturated heterocycles. The zero-order chi connectivity index (χ0) is 14.3. The largest absolute Gasteiger partial charge is 0.312 e. The van der Waals surface area contributed by atoms with Gasteiger partial charge in [0.15, 0.2) is 0 Å². The molecule has 0 aromatic heterocycles. The second-order valence-corrected chi connectivity index (χ2v) is 5.92. The van der Waals surface area contributed by atoms with E-state index >= 15 is 0 Å². The Labute approximate surface area is 117 Å². The first-order valence-electron chi connectivity index (χ1n) is 6.78. The van der Waals surface area contributed by atoms with Crippen LogP contribution < -0.4 is 5.32 Å². The molecule has 0 saturated carbocycles. The van der Waals surface area contributed by atoms with Crippen LogP contribution in [0.25, 0.3) is 11.1 Å². The van der Waals surface area contributed by atoms with Gasteiger partial charge in [-0.05, 0) is 28.8 Å². The summed E-state index contributed by atoms with van der Waals surface area (Å²) in [5.74, 6) is -0.476. The molecule has 1 aliphatic rings. The minimum Gasteiger partial charge on any atom is -0.312 e. The molecule has 1 heterocycles. The first-order valence-corrected chi connectivity index (χ1v) is 6.78. The molecule has 104 valence electrons. The van der Waals surface area contributed by atoms with Crippen LogP contribution in [0.15, 0.2) is 36.4 Å². The van der Waals surface area contributed by atoms with Crippen LogP contribution in [0.3, 0.4) is 0 Å². The molecular formula is C17H17F2N. The molecule has 0 fully saturated rings. The fourth-order valence-corrected chi connectivity index (χ4v) is 3.05. The number of nitrogens with one attached hydrogen (secondary N) is 1. The van der Waals surface area contributed by atoms with E-state index in [0.717, 1.165) is 17.7 Å². The summed E-state index contributed by atoms with van der Waals surface area (Å²) in [6.45, 7) is 5.30. The van der Waals surface area contributed by atoms with Crippen LogP contribution in [0.2, 0.25) is 0 Å². The quantitative estimate of drug-likeness (QED) is 0.827. The first kappa shape index (κ1) is 13.3. The number of halogens is 2. The van der Waals surface area contributed by atoms with E-state index in [-0.39, 0.29) is 17.0 Å². The van der Waals surface area contributed by atoms with E-state index in [1.807, 2.05) is 13.8 Å². The number of hydrogen-bond donors (Lipinski definition) is 1. The third kappa shape index (κ3) is 2.02. The summed E-state index contributed by atoms with van der Waals surface area (Å²) in [5.41, 5.74) is 2.59. The lowest BCUT2D eigenvalue weighted by molar-refractivity contribution is 0.411. The van der Waals surface area contributed by atoms with Crippen molar-refractivity contribution in [1.82, 2.24) is 5.32 Å². The highest BCUT2D eigenvalue weighted by atomic mass is 19.1. The molecule has 0 atom stereocenters. The summed E-state index contributed by atoms with van der Waals surface area (Å²) >= 11 is 0. The summed E-state index contributed by atoms with van der Waals surface area (Å²) < 4.78 is 28.3. The second-order valence-electron chi connectivity index (χ2n) is 5.92. The number of rotatable bonds is 1. The maximum absolute atomic E-state index is 14.2. The van der Waals surface area contributed by atoms with Crippen molar-refractivity contribution in [2.45, 2.75) is 25.8 Å². The van der Waals surface area contributed by atoms with E-state index < -0.39 is 0 Å².